The molecule has 0 radical (unpaired) electrons. The molecule has 0 saturated heterocycles. The second-order valence-corrected chi connectivity index (χ2v) is 20.4. The Hall–Kier alpha value is 0.310. The van der Waals surface area contributed by atoms with E-state index in [1.807, 2.05) is 0 Å². The number of rotatable bonds is 36. The van der Waals surface area contributed by atoms with Crippen molar-refractivity contribution in [2.24, 2.45) is 16.7 Å². The van der Waals surface area contributed by atoms with Crippen molar-refractivity contribution in [3.05, 3.63) is 0 Å². The predicted octanol–water partition coefficient (Wildman–Crippen LogP) is 15.7. The van der Waals surface area contributed by atoms with Gasteiger partial charge in [0.05, 0.1) is 0 Å². The maximum Gasteiger partial charge on any atom is 0.285 e. The number of hydrogen-bond acceptors (Lipinski definition) is 3. The molecule has 0 fully saturated rings. The molecule has 4 heteroatoms. The van der Waals surface area contributed by atoms with Crippen LogP contribution in [0.4, 0.5) is 0 Å². The summed E-state index contributed by atoms with van der Waals surface area (Å²) in [4.78, 5) is 0. The van der Waals surface area contributed by atoms with Crippen molar-refractivity contribution in [1.29, 1.82) is 0 Å². The van der Waals surface area contributed by atoms with Crippen LogP contribution in [0.1, 0.15) is 230 Å². The van der Waals surface area contributed by atoms with E-state index in [9.17, 15) is 0 Å². The molecule has 0 spiro atoms. The van der Waals surface area contributed by atoms with E-state index in [4.69, 9.17) is 14.2 Å². The molecule has 0 aromatic heterocycles. The molecule has 0 bridgehead atoms. The predicted molar refractivity (Wildman–Crippen MR) is 223 cm³/mol. The van der Waals surface area contributed by atoms with Gasteiger partial charge in [0.25, 0.3) is 5.97 Å². The molecular weight excluding hydrogens is 619 g/mol. The van der Waals surface area contributed by atoms with Crippen LogP contribution in [0.3, 0.4) is 0 Å². The minimum absolute atomic E-state index is 0.117. The Labute approximate surface area is 312 Å². The molecule has 0 rings (SSSR count). The van der Waals surface area contributed by atoms with Crippen LogP contribution in [0.15, 0.2) is 0 Å². The standard InChI is InChI=1S/C45H93O3P/c1-11-15-16-17-24-29-35-42(45(46-12-2,47-13-3)48-14-4)36-34-41-49(39-32-27-22-18-20-25-30-37-43(5,6)7)40-33-28-23-19-21-26-31-38-44(8,9)10/h42H,11-41H2,1-10H3. The maximum absolute atomic E-state index is 6.37. The van der Waals surface area contributed by atoms with Crippen molar-refractivity contribution in [2.45, 2.75) is 236 Å². The number of hydrogen-bond donors (Lipinski definition) is 0. The molecule has 0 aromatic carbocycles. The zero-order valence-electron chi connectivity index (χ0n) is 35.7. The van der Waals surface area contributed by atoms with Crippen LogP contribution in [0.5, 0.6) is 0 Å². The third kappa shape index (κ3) is 30.5. The number of ether oxygens (including phenoxy) is 3. The SMILES string of the molecule is CCCCCCCCC(CCCP(CCCCCCCCCC(C)(C)C)CCCCCCCCCC(C)(C)C)C(OCC)(OCC)OCC. The van der Waals surface area contributed by atoms with Gasteiger partial charge in [-0.25, -0.2) is 0 Å². The lowest BCUT2D eigenvalue weighted by atomic mass is 9.89. The Bertz CT molecular complexity index is 633. The van der Waals surface area contributed by atoms with Gasteiger partial charge in [-0.15, -0.1) is 7.92 Å². The Morgan fingerprint density at radius 3 is 1.10 bits per heavy atom. The molecule has 0 aliphatic heterocycles. The van der Waals surface area contributed by atoms with Gasteiger partial charge in [-0.3, -0.25) is 0 Å². The highest BCUT2D eigenvalue weighted by Crippen LogP contribution is 2.42. The quantitative estimate of drug-likeness (QED) is 0.0368. The van der Waals surface area contributed by atoms with Crippen LogP contribution >= 0.6 is 7.92 Å². The zero-order valence-corrected chi connectivity index (χ0v) is 36.6. The van der Waals surface area contributed by atoms with E-state index in [0.717, 1.165) is 12.8 Å². The van der Waals surface area contributed by atoms with Gasteiger partial charge in [0.1, 0.15) is 0 Å². The fourth-order valence-corrected chi connectivity index (χ4v) is 10.0. The zero-order chi connectivity index (χ0) is 36.7. The Morgan fingerprint density at radius 1 is 0.388 bits per heavy atom. The smallest absolute Gasteiger partial charge is 0.285 e. The molecule has 0 aromatic rings. The first kappa shape index (κ1) is 49.3. The monoisotopic (exact) mass is 713 g/mol. The molecule has 1 unspecified atom stereocenters. The van der Waals surface area contributed by atoms with Crippen LogP contribution in [0.25, 0.3) is 0 Å². The number of unbranched alkanes of at least 4 members (excludes halogenated alkanes) is 17. The lowest BCUT2D eigenvalue weighted by Crippen LogP contribution is -2.47. The van der Waals surface area contributed by atoms with Gasteiger partial charge in [-0.05, 0) is 95.0 Å². The van der Waals surface area contributed by atoms with Gasteiger partial charge < -0.3 is 14.2 Å². The van der Waals surface area contributed by atoms with E-state index in [1.165, 1.54) is 166 Å². The lowest BCUT2D eigenvalue weighted by molar-refractivity contribution is -0.403. The minimum Gasteiger partial charge on any atom is -0.328 e. The molecule has 0 saturated carbocycles. The minimum atomic E-state index is -0.871. The van der Waals surface area contributed by atoms with Gasteiger partial charge in [-0.2, -0.15) is 0 Å². The van der Waals surface area contributed by atoms with E-state index in [0.29, 0.717) is 36.6 Å². The molecule has 0 amide bonds. The van der Waals surface area contributed by atoms with E-state index in [-0.39, 0.29) is 7.92 Å². The van der Waals surface area contributed by atoms with Crippen molar-refractivity contribution in [3.63, 3.8) is 0 Å². The summed E-state index contributed by atoms with van der Waals surface area (Å²) in [6, 6.07) is 0. The highest BCUT2D eigenvalue weighted by Gasteiger charge is 2.41. The lowest BCUT2D eigenvalue weighted by Gasteiger charge is -2.39. The van der Waals surface area contributed by atoms with Crippen LogP contribution in [-0.4, -0.2) is 44.3 Å². The van der Waals surface area contributed by atoms with Gasteiger partial charge >= 0.3 is 0 Å². The van der Waals surface area contributed by atoms with E-state index >= 15 is 0 Å². The summed E-state index contributed by atoms with van der Waals surface area (Å²) in [6.45, 7) is 24.7. The fourth-order valence-electron chi connectivity index (χ4n) is 7.40. The van der Waals surface area contributed by atoms with Crippen LogP contribution < -0.4 is 0 Å². The first-order chi connectivity index (χ1) is 23.4. The normalized spacial score (nSPS) is 13.5. The Morgan fingerprint density at radius 2 is 0.714 bits per heavy atom. The summed E-state index contributed by atoms with van der Waals surface area (Å²) in [5.74, 6) is -0.559. The van der Waals surface area contributed by atoms with Crippen molar-refractivity contribution in [3.8, 4) is 0 Å². The second-order valence-electron chi connectivity index (χ2n) is 17.7. The summed E-state index contributed by atoms with van der Waals surface area (Å²) in [7, 11) is 0.117. The van der Waals surface area contributed by atoms with E-state index < -0.39 is 5.97 Å². The third-order valence-corrected chi connectivity index (χ3v) is 13.1. The maximum atomic E-state index is 6.37. The summed E-state index contributed by atoms with van der Waals surface area (Å²) in [6.07, 6.45) is 38.8. The third-order valence-electron chi connectivity index (χ3n) is 10.3. The van der Waals surface area contributed by atoms with E-state index in [2.05, 4.69) is 69.2 Å². The Balaban J connectivity index is 5.04. The van der Waals surface area contributed by atoms with Crippen LogP contribution in [0, 0.1) is 16.7 Å². The Kier molecular flexibility index (Phi) is 32.0. The summed E-state index contributed by atoms with van der Waals surface area (Å²) >= 11 is 0. The van der Waals surface area contributed by atoms with Gasteiger partial charge in [0.15, 0.2) is 0 Å². The summed E-state index contributed by atoms with van der Waals surface area (Å²) < 4.78 is 19.1. The largest absolute Gasteiger partial charge is 0.328 e. The molecule has 3 nitrogen and oxygen atoms in total. The average molecular weight is 713 g/mol. The van der Waals surface area contributed by atoms with Crippen LogP contribution in [-0.2, 0) is 14.2 Å². The van der Waals surface area contributed by atoms with Crippen molar-refractivity contribution < 1.29 is 14.2 Å². The highest BCUT2D eigenvalue weighted by molar-refractivity contribution is 7.57. The first-order valence-corrected chi connectivity index (χ1v) is 24.0. The van der Waals surface area contributed by atoms with Gasteiger partial charge in [-0.1, -0.05) is 164 Å². The van der Waals surface area contributed by atoms with Crippen molar-refractivity contribution in [1.82, 2.24) is 0 Å². The highest BCUT2D eigenvalue weighted by atomic mass is 31.1. The molecule has 49 heavy (non-hydrogen) atoms. The molecule has 0 aliphatic rings. The summed E-state index contributed by atoms with van der Waals surface area (Å²) in [5, 5.41) is 0. The summed E-state index contributed by atoms with van der Waals surface area (Å²) in [5.41, 5.74) is 0.988. The van der Waals surface area contributed by atoms with Crippen LogP contribution in [0.2, 0.25) is 0 Å². The van der Waals surface area contributed by atoms with E-state index in [1.54, 1.807) is 0 Å². The molecule has 0 heterocycles. The molecular formula is C45H93O3P. The fraction of sp³-hybridized carbons (Fsp3) is 1.00. The second kappa shape index (κ2) is 31.8. The first-order valence-electron chi connectivity index (χ1n) is 22.1. The molecule has 296 valence electrons. The van der Waals surface area contributed by atoms with Gasteiger partial charge in [0, 0.05) is 25.7 Å². The van der Waals surface area contributed by atoms with Crippen molar-refractivity contribution in [2.75, 3.05) is 38.3 Å². The molecule has 1 atom stereocenters. The van der Waals surface area contributed by atoms with Crippen molar-refractivity contribution >= 4 is 7.92 Å². The average Bonchev–Trinajstić information content (AvgIpc) is 3.02. The topological polar surface area (TPSA) is 27.7 Å². The van der Waals surface area contributed by atoms with Gasteiger partial charge in [0.2, 0.25) is 0 Å². The molecule has 0 N–H and O–H groups in total. The molecule has 0 aliphatic carbocycles.